The average molecular weight is 452 g/mol. The zero-order chi connectivity index (χ0) is 22.3. The van der Waals surface area contributed by atoms with E-state index in [9.17, 15) is 31.0 Å². The van der Waals surface area contributed by atoms with Crippen molar-refractivity contribution in [3.05, 3.63) is 48.0 Å². The van der Waals surface area contributed by atoms with Crippen molar-refractivity contribution < 1.29 is 35.8 Å². The fraction of sp³-hybridized carbons (Fsp3) is 0.111. The molecule has 10 nitrogen and oxygen atoms in total. The van der Waals surface area contributed by atoms with E-state index in [1.165, 1.54) is 50.4 Å². The molecule has 0 bridgehead atoms. The van der Waals surface area contributed by atoms with Gasteiger partial charge in [-0.3, -0.25) is 9.11 Å². The van der Waals surface area contributed by atoms with Crippen molar-refractivity contribution in [1.29, 1.82) is 0 Å². The zero-order valence-corrected chi connectivity index (χ0v) is 17.3. The molecule has 158 valence electrons. The van der Waals surface area contributed by atoms with Crippen LogP contribution in [0.4, 0.5) is 11.4 Å². The number of aromatic hydroxyl groups is 1. The largest absolute Gasteiger partial charge is 0.506 e. The van der Waals surface area contributed by atoms with Gasteiger partial charge in [0.2, 0.25) is 0 Å². The average Bonchev–Trinajstić information content (AvgIpc) is 2.65. The molecule has 0 aliphatic carbocycles. The Morgan fingerprint density at radius 3 is 2.13 bits per heavy atom. The monoisotopic (exact) mass is 452 g/mol. The van der Waals surface area contributed by atoms with Crippen LogP contribution in [0.2, 0.25) is 0 Å². The molecule has 0 saturated heterocycles. The van der Waals surface area contributed by atoms with Gasteiger partial charge in [0.25, 0.3) is 20.2 Å². The molecule has 0 aromatic heterocycles. The Morgan fingerprint density at radius 2 is 1.53 bits per heavy atom. The molecule has 3 N–H and O–H groups in total. The van der Waals surface area contributed by atoms with E-state index >= 15 is 0 Å². The summed E-state index contributed by atoms with van der Waals surface area (Å²) >= 11 is 0. The molecule has 12 heteroatoms. The van der Waals surface area contributed by atoms with Crippen molar-refractivity contribution in [1.82, 2.24) is 0 Å². The molecule has 0 aliphatic rings. The smallest absolute Gasteiger partial charge is 0.295 e. The standard InChI is InChI=1S/C18H16N2O8S2/c1-10-8-13(15(28-2)9-17(10)30(25,26)27)19-20-18-12-4-3-5-16(29(22,23)24)11(12)6-7-14(18)21/h3-9,21H,1-2H3,(H,22,23,24)(H,25,26,27). The second-order valence-electron chi connectivity index (χ2n) is 6.22. The lowest BCUT2D eigenvalue weighted by Crippen LogP contribution is -2.01. The number of ether oxygens (including phenoxy) is 1. The van der Waals surface area contributed by atoms with Gasteiger partial charge in [0.05, 0.1) is 7.11 Å². The summed E-state index contributed by atoms with van der Waals surface area (Å²) in [5.74, 6) is -0.306. The Labute approximate surface area is 172 Å². The summed E-state index contributed by atoms with van der Waals surface area (Å²) < 4.78 is 70.0. The van der Waals surface area contributed by atoms with Gasteiger partial charge in [-0.15, -0.1) is 10.2 Å². The van der Waals surface area contributed by atoms with Crippen molar-refractivity contribution >= 4 is 42.4 Å². The van der Waals surface area contributed by atoms with Gasteiger partial charge in [0.1, 0.15) is 32.7 Å². The number of rotatable bonds is 5. The summed E-state index contributed by atoms with van der Waals surface area (Å²) in [7, 11) is -7.72. The van der Waals surface area contributed by atoms with E-state index < -0.39 is 20.2 Å². The molecule has 0 spiro atoms. The quantitative estimate of drug-likeness (QED) is 0.389. The van der Waals surface area contributed by atoms with Crippen LogP contribution < -0.4 is 4.74 Å². The zero-order valence-electron chi connectivity index (χ0n) is 15.6. The number of azo groups is 1. The Hall–Kier alpha value is -3.06. The maximum Gasteiger partial charge on any atom is 0.295 e. The van der Waals surface area contributed by atoms with E-state index in [0.29, 0.717) is 0 Å². The Bertz CT molecular complexity index is 1400. The van der Waals surface area contributed by atoms with Gasteiger partial charge in [-0.2, -0.15) is 16.8 Å². The minimum absolute atomic E-state index is 0.00433. The van der Waals surface area contributed by atoms with E-state index in [4.69, 9.17) is 4.74 Å². The number of fused-ring (bicyclic) bond motifs is 1. The van der Waals surface area contributed by atoms with Crippen LogP contribution in [-0.2, 0) is 20.2 Å². The number of methoxy groups -OCH3 is 1. The highest BCUT2D eigenvalue weighted by atomic mass is 32.2. The summed E-state index contributed by atoms with van der Waals surface area (Å²) in [6.07, 6.45) is 0. The van der Waals surface area contributed by atoms with Crippen LogP contribution >= 0.6 is 0 Å². The van der Waals surface area contributed by atoms with Gasteiger partial charge in [-0.1, -0.05) is 12.1 Å². The predicted octanol–water partition coefficient (Wildman–Crippen LogP) is 3.77. The fourth-order valence-electron chi connectivity index (χ4n) is 2.91. The number of aryl methyl sites for hydroxylation is 1. The van der Waals surface area contributed by atoms with E-state index in [-0.39, 0.29) is 49.0 Å². The molecule has 0 atom stereocenters. The normalized spacial score (nSPS) is 12.5. The summed E-state index contributed by atoms with van der Waals surface area (Å²) in [6.45, 7) is 1.44. The highest BCUT2D eigenvalue weighted by Crippen LogP contribution is 2.40. The van der Waals surface area contributed by atoms with Crippen LogP contribution in [0.1, 0.15) is 5.56 Å². The third-order valence-electron chi connectivity index (χ3n) is 4.26. The minimum Gasteiger partial charge on any atom is -0.506 e. The molecule has 0 aliphatic heterocycles. The molecule has 3 aromatic rings. The molecule has 3 rings (SSSR count). The molecule has 0 unspecified atom stereocenters. The highest BCUT2D eigenvalue weighted by Gasteiger charge is 2.19. The summed E-state index contributed by atoms with van der Waals surface area (Å²) in [5, 5.41) is 18.5. The summed E-state index contributed by atoms with van der Waals surface area (Å²) in [4.78, 5) is -0.716. The van der Waals surface area contributed by atoms with Gasteiger partial charge >= 0.3 is 0 Å². The fourth-order valence-corrected chi connectivity index (χ4v) is 4.34. The third kappa shape index (κ3) is 4.11. The lowest BCUT2D eigenvalue weighted by Gasteiger charge is -2.10. The predicted molar refractivity (Wildman–Crippen MR) is 107 cm³/mol. The molecule has 3 aromatic carbocycles. The number of hydrogen-bond acceptors (Lipinski definition) is 8. The number of phenols is 1. The van der Waals surface area contributed by atoms with Crippen LogP contribution in [0, 0.1) is 6.92 Å². The maximum atomic E-state index is 11.6. The van der Waals surface area contributed by atoms with Crippen molar-refractivity contribution in [2.75, 3.05) is 7.11 Å². The molecule has 30 heavy (non-hydrogen) atoms. The highest BCUT2D eigenvalue weighted by molar-refractivity contribution is 7.86. The van der Waals surface area contributed by atoms with E-state index in [2.05, 4.69) is 10.2 Å². The first-order chi connectivity index (χ1) is 13.9. The second kappa shape index (κ2) is 7.65. The van der Waals surface area contributed by atoms with Gasteiger partial charge in [0.15, 0.2) is 0 Å². The molecule has 0 heterocycles. The first-order valence-electron chi connectivity index (χ1n) is 8.23. The van der Waals surface area contributed by atoms with Gasteiger partial charge < -0.3 is 9.84 Å². The van der Waals surface area contributed by atoms with Crippen LogP contribution in [-0.4, -0.2) is 38.2 Å². The van der Waals surface area contributed by atoms with Crippen LogP contribution in [0.15, 0.2) is 62.5 Å². The van der Waals surface area contributed by atoms with Crippen LogP contribution in [0.3, 0.4) is 0 Å². The van der Waals surface area contributed by atoms with Gasteiger partial charge in [-0.05, 0) is 36.8 Å². The minimum atomic E-state index is -4.52. The van der Waals surface area contributed by atoms with Crippen LogP contribution in [0.5, 0.6) is 11.5 Å². The maximum absolute atomic E-state index is 11.6. The molecular formula is C18H16N2O8S2. The molecule has 0 saturated carbocycles. The first kappa shape index (κ1) is 21.6. The lowest BCUT2D eigenvalue weighted by molar-refractivity contribution is 0.413. The second-order valence-corrected chi connectivity index (χ2v) is 9.00. The molecular weight excluding hydrogens is 436 g/mol. The van der Waals surface area contributed by atoms with Gasteiger partial charge in [-0.25, -0.2) is 0 Å². The van der Waals surface area contributed by atoms with Crippen molar-refractivity contribution in [2.24, 2.45) is 10.2 Å². The van der Waals surface area contributed by atoms with E-state index in [1.54, 1.807) is 0 Å². The van der Waals surface area contributed by atoms with E-state index in [0.717, 1.165) is 6.07 Å². The Morgan fingerprint density at radius 1 is 0.867 bits per heavy atom. The third-order valence-corrected chi connectivity index (χ3v) is 6.17. The lowest BCUT2D eigenvalue weighted by atomic mass is 10.1. The van der Waals surface area contributed by atoms with Gasteiger partial charge in [0, 0.05) is 16.8 Å². The molecule has 0 fully saturated rings. The van der Waals surface area contributed by atoms with E-state index in [1.807, 2.05) is 0 Å². The molecule has 0 radical (unpaired) electrons. The first-order valence-corrected chi connectivity index (χ1v) is 11.1. The van der Waals surface area contributed by atoms with Crippen molar-refractivity contribution in [3.8, 4) is 11.5 Å². The van der Waals surface area contributed by atoms with Crippen molar-refractivity contribution in [2.45, 2.75) is 16.7 Å². The summed E-state index contributed by atoms with van der Waals surface area (Å²) in [6, 6.07) is 8.98. The number of nitrogens with zero attached hydrogens (tertiary/aromatic N) is 2. The Kier molecular flexibility index (Phi) is 5.52. The summed E-state index contributed by atoms with van der Waals surface area (Å²) in [5.41, 5.74) is 0.212. The SMILES string of the molecule is COc1cc(S(=O)(=O)O)c(C)cc1N=Nc1c(O)ccc2c(S(=O)(=O)O)cccc12. The van der Waals surface area contributed by atoms with Crippen molar-refractivity contribution in [3.63, 3.8) is 0 Å². The Balaban J connectivity index is 2.20. The number of hydrogen-bond donors (Lipinski definition) is 3. The molecule has 0 amide bonds. The number of phenolic OH excluding ortho intramolecular Hbond substituents is 1. The topological polar surface area (TPSA) is 163 Å². The number of benzene rings is 3. The van der Waals surface area contributed by atoms with Crippen LogP contribution in [0.25, 0.3) is 10.8 Å².